The smallest absolute Gasteiger partial charge is 0.142 e. The van der Waals surface area contributed by atoms with E-state index in [0.29, 0.717) is 23.8 Å². The Labute approximate surface area is 196 Å². The summed E-state index contributed by atoms with van der Waals surface area (Å²) in [6, 6.07) is 14.9. The van der Waals surface area contributed by atoms with E-state index >= 15 is 4.39 Å². The summed E-state index contributed by atoms with van der Waals surface area (Å²) in [7, 11) is 0. The molecule has 0 saturated heterocycles. The Balaban J connectivity index is 1.37. The molecule has 170 valence electrons. The van der Waals surface area contributed by atoms with Crippen LogP contribution in [0, 0.1) is 23.5 Å². The fourth-order valence-corrected chi connectivity index (χ4v) is 5.41. The van der Waals surface area contributed by atoms with Crippen molar-refractivity contribution in [3.8, 4) is 0 Å². The molecule has 0 amide bonds. The van der Waals surface area contributed by atoms with E-state index in [1.54, 1.807) is 12.1 Å². The molecule has 1 saturated carbocycles. The van der Waals surface area contributed by atoms with E-state index in [1.165, 1.54) is 56.6 Å². The molecule has 0 atom stereocenters. The van der Waals surface area contributed by atoms with E-state index in [4.69, 9.17) is 11.6 Å². The summed E-state index contributed by atoms with van der Waals surface area (Å²) in [5.41, 5.74) is 2.80. The number of halogens is 3. The van der Waals surface area contributed by atoms with Gasteiger partial charge in [0.2, 0.25) is 0 Å². The highest BCUT2D eigenvalue weighted by Crippen LogP contribution is 2.34. The summed E-state index contributed by atoms with van der Waals surface area (Å²) >= 11 is 5.75. The molecule has 3 aromatic carbocycles. The maximum atomic E-state index is 15.1. The molecule has 1 aliphatic carbocycles. The minimum atomic E-state index is -0.426. The monoisotopic (exact) mass is 454 g/mol. The number of hydrogen-bond donors (Lipinski definition) is 0. The topological polar surface area (TPSA) is 0 Å². The standard InChI is InChI=1S/C29H33ClF2/c1-2-3-20-4-6-21(7-5-20)8-9-22-11-16-26-25(18-22)15-14-24(29(26)32)13-10-23-12-17-27(30)28(31)19-23/h11-12,14-21H,2-10,13H2,1H3. The molecule has 32 heavy (non-hydrogen) atoms. The van der Waals surface area contributed by atoms with Gasteiger partial charge in [-0.15, -0.1) is 0 Å². The molecule has 0 heterocycles. The van der Waals surface area contributed by atoms with Crippen LogP contribution < -0.4 is 0 Å². The Bertz CT molecular complexity index is 1050. The lowest BCUT2D eigenvalue weighted by atomic mass is 9.78. The molecule has 0 aliphatic heterocycles. The molecular weight excluding hydrogens is 422 g/mol. The summed E-state index contributed by atoms with van der Waals surface area (Å²) in [6.45, 7) is 2.29. The molecule has 3 heteroatoms. The minimum Gasteiger partial charge on any atom is -0.206 e. The van der Waals surface area contributed by atoms with Crippen LogP contribution in [-0.4, -0.2) is 0 Å². The third-order valence-electron chi connectivity index (χ3n) is 7.27. The average Bonchev–Trinajstić information content (AvgIpc) is 2.80. The number of hydrogen-bond acceptors (Lipinski definition) is 0. The summed E-state index contributed by atoms with van der Waals surface area (Å²) in [5, 5.41) is 1.76. The van der Waals surface area contributed by atoms with E-state index in [1.807, 2.05) is 18.2 Å². The van der Waals surface area contributed by atoms with Gasteiger partial charge >= 0.3 is 0 Å². The molecule has 1 fully saturated rings. The van der Waals surface area contributed by atoms with Crippen LogP contribution in [0.2, 0.25) is 5.02 Å². The van der Waals surface area contributed by atoms with Crippen LogP contribution in [0.15, 0.2) is 48.5 Å². The van der Waals surface area contributed by atoms with Gasteiger partial charge in [-0.1, -0.05) is 93.4 Å². The zero-order chi connectivity index (χ0) is 22.5. The number of benzene rings is 3. The van der Waals surface area contributed by atoms with Gasteiger partial charge in [0.15, 0.2) is 0 Å². The van der Waals surface area contributed by atoms with Crippen LogP contribution in [0.25, 0.3) is 10.8 Å². The van der Waals surface area contributed by atoms with Crippen molar-refractivity contribution in [3.05, 3.63) is 81.9 Å². The Morgan fingerprint density at radius 1 is 0.781 bits per heavy atom. The van der Waals surface area contributed by atoms with Gasteiger partial charge in [-0.3, -0.25) is 0 Å². The fourth-order valence-electron chi connectivity index (χ4n) is 5.30. The van der Waals surface area contributed by atoms with Crippen LogP contribution in [0.4, 0.5) is 8.78 Å². The van der Waals surface area contributed by atoms with Crippen molar-refractivity contribution in [1.29, 1.82) is 0 Å². The SMILES string of the molecule is CCCC1CCC(CCc2ccc3c(F)c(CCc4ccc(Cl)c(F)c4)ccc3c2)CC1. The second-order valence-electron chi connectivity index (χ2n) is 9.56. The Morgan fingerprint density at radius 2 is 1.47 bits per heavy atom. The summed E-state index contributed by atoms with van der Waals surface area (Å²) in [5.74, 6) is 1.21. The second-order valence-corrected chi connectivity index (χ2v) is 9.96. The number of fused-ring (bicyclic) bond motifs is 1. The molecule has 0 bridgehead atoms. The highest BCUT2D eigenvalue weighted by atomic mass is 35.5. The lowest BCUT2D eigenvalue weighted by Crippen LogP contribution is -2.15. The molecule has 0 radical (unpaired) electrons. The molecule has 0 nitrogen and oxygen atoms in total. The Morgan fingerprint density at radius 3 is 2.19 bits per heavy atom. The fraction of sp³-hybridized carbons (Fsp3) is 0.448. The third kappa shape index (κ3) is 5.70. The van der Waals surface area contributed by atoms with Gasteiger partial charge in [0.05, 0.1) is 5.02 Å². The zero-order valence-electron chi connectivity index (χ0n) is 19.0. The normalized spacial score (nSPS) is 18.9. The molecule has 0 spiro atoms. The number of rotatable bonds is 8. The lowest BCUT2D eigenvalue weighted by Gasteiger charge is -2.28. The molecule has 1 aliphatic rings. The van der Waals surface area contributed by atoms with Gasteiger partial charge in [0, 0.05) is 5.39 Å². The molecule has 3 aromatic rings. The molecule has 0 unspecified atom stereocenters. The summed E-state index contributed by atoms with van der Waals surface area (Å²) < 4.78 is 28.8. The predicted molar refractivity (Wildman–Crippen MR) is 131 cm³/mol. The first kappa shape index (κ1) is 23.2. The first-order valence-corrected chi connectivity index (χ1v) is 12.5. The zero-order valence-corrected chi connectivity index (χ0v) is 19.7. The van der Waals surface area contributed by atoms with Crippen molar-refractivity contribution in [2.24, 2.45) is 11.8 Å². The minimum absolute atomic E-state index is 0.116. The van der Waals surface area contributed by atoms with Gasteiger partial charge in [-0.05, 0) is 71.7 Å². The van der Waals surface area contributed by atoms with E-state index in [2.05, 4.69) is 19.1 Å². The van der Waals surface area contributed by atoms with E-state index in [0.717, 1.165) is 29.2 Å². The van der Waals surface area contributed by atoms with Crippen molar-refractivity contribution >= 4 is 22.4 Å². The van der Waals surface area contributed by atoms with Crippen molar-refractivity contribution in [2.75, 3.05) is 0 Å². The van der Waals surface area contributed by atoms with E-state index in [-0.39, 0.29) is 10.8 Å². The van der Waals surface area contributed by atoms with Crippen LogP contribution >= 0.6 is 11.6 Å². The highest BCUT2D eigenvalue weighted by molar-refractivity contribution is 6.30. The average molecular weight is 455 g/mol. The quantitative estimate of drug-likeness (QED) is 0.318. The van der Waals surface area contributed by atoms with E-state index < -0.39 is 5.82 Å². The van der Waals surface area contributed by atoms with Crippen LogP contribution in [0.1, 0.15) is 68.6 Å². The van der Waals surface area contributed by atoms with Crippen LogP contribution in [-0.2, 0) is 19.3 Å². The first-order valence-electron chi connectivity index (χ1n) is 12.2. The lowest BCUT2D eigenvalue weighted by molar-refractivity contribution is 0.252. The Kier molecular flexibility index (Phi) is 7.84. The maximum absolute atomic E-state index is 15.1. The number of aryl methyl sites for hydroxylation is 3. The van der Waals surface area contributed by atoms with Crippen molar-refractivity contribution < 1.29 is 8.78 Å². The maximum Gasteiger partial charge on any atom is 0.142 e. The van der Waals surface area contributed by atoms with Crippen molar-refractivity contribution in [3.63, 3.8) is 0 Å². The summed E-state index contributed by atoms with van der Waals surface area (Å²) in [4.78, 5) is 0. The second kappa shape index (κ2) is 10.8. The van der Waals surface area contributed by atoms with Crippen LogP contribution in [0.5, 0.6) is 0 Å². The van der Waals surface area contributed by atoms with Gasteiger partial charge in [0.1, 0.15) is 11.6 Å². The summed E-state index contributed by atoms with van der Waals surface area (Å²) in [6.07, 6.45) is 11.7. The largest absolute Gasteiger partial charge is 0.206 e. The molecule has 4 rings (SSSR count). The predicted octanol–water partition coefficient (Wildman–Crippen LogP) is 9.10. The van der Waals surface area contributed by atoms with Crippen molar-refractivity contribution in [1.82, 2.24) is 0 Å². The van der Waals surface area contributed by atoms with Gasteiger partial charge in [-0.25, -0.2) is 8.78 Å². The van der Waals surface area contributed by atoms with Gasteiger partial charge in [-0.2, -0.15) is 0 Å². The first-order chi connectivity index (χ1) is 15.5. The highest BCUT2D eigenvalue weighted by Gasteiger charge is 2.20. The van der Waals surface area contributed by atoms with Crippen LogP contribution in [0.3, 0.4) is 0 Å². The third-order valence-corrected chi connectivity index (χ3v) is 7.58. The van der Waals surface area contributed by atoms with Gasteiger partial charge in [0.25, 0.3) is 0 Å². The Hall–Kier alpha value is -1.93. The van der Waals surface area contributed by atoms with E-state index in [9.17, 15) is 4.39 Å². The van der Waals surface area contributed by atoms with Crippen molar-refractivity contribution in [2.45, 2.75) is 71.1 Å². The molecule has 0 N–H and O–H groups in total. The molecule has 0 aromatic heterocycles. The molecular formula is C29H33ClF2. The van der Waals surface area contributed by atoms with Gasteiger partial charge < -0.3 is 0 Å².